The predicted octanol–water partition coefficient (Wildman–Crippen LogP) is 31.5. The number of para-hydroxylation sites is 2. The minimum absolute atomic E-state index is 0.202. The molecule has 22 aromatic rings. The summed E-state index contributed by atoms with van der Waals surface area (Å²) >= 11 is 5.99. The molecule has 18 aromatic carbocycles. The van der Waals surface area contributed by atoms with Crippen molar-refractivity contribution in [3.63, 3.8) is 0 Å². The molecule has 0 radical (unpaired) electrons. The van der Waals surface area contributed by atoms with Gasteiger partial charge in [-0.15, -0.1) is 0 Å². The molecule has 12 nitrogen and oxygen atoms in total. The summed E-state index contributed by atoms with van der Waals surface area (Å²) in [6.07, 6.45) is 0. The summed E-state index contributed by atoms with van der Waals surface area (Å²) in [5, 5.41) is 4.46. The van der Waals surface area contributed by atoms with Gasteiger partial charge in [0, 0.05) is 83.5 Å². The highest BCUT2D eigenvalue weighted by atomic mass is 35.5. The van der Waals surface area contributed by atoms with E-state index in [0.29, 0.717) is 29.1 Å². The van der Waals surface area contributed by atoms with E-state index in [-0.39, 0.29) is 5.28 Å². The van der Waals surface area contributed by atoms with Gasteiger partial charge in [0.1, 0.15) is 22.3 Å². The number of nitrogens with zero attached hydrogens (tertiary/aromatic N) is 8. The van der Waals surface area contributed by atoms with Crippen LogP contribution in [0.1, 0.15) is 27.7 Å². The lowest BCUT2D eigenvalue weighted by molar-refractivity contribution is 0.00578. The fourth-order valence-electron chi connectivity index (χ4n) is 17.4. The number of rotatable bonds is 18. The van der Waals surface area contributed by atoms with Gasteiger partial charge in [0.15, 0.2) is 29.1 Å². The van der Waals surface area contributed by atoms with Gasteiger partial charge < -0.3 is 27.9 Å². The molecule has 23 rings (SSSR count). The van der Waals surface area contributed by atoms with Gasteiger partial charge in [0.2, 0.25) is 5.28 Å². The maximum Gasteiger partial charge on any atom is 0.494 e. The lowest BCUT2D eigenvalue weighted by atomic mass is 9.77. The topological polar surface area (TPSA) is 129 Å². The summed E-state index contributed by atoms with van der Waals surface area (Å²) in [5.41, 5.74) is 27.9. The average molecular weight is 1750 g/mol. The Morgan fingerprint density at radius 2 is 0.448 bits per heavy atom. The minimum atomic E-state index is -0.510. The molecule has 642 valence electrons. The van der Waals surface area contributed by atoms with Crippen LogP contribution in [0.3, 0.4) is 0 Å². The maximum atomic E-state index is 6.59. The van der Waals surface area contributed by atoms with Crippen LogP contribution in [0.15, 0.2) is 470 Å². The van der Waals surface area contributed by atoms with Crippen LogP contribution >= 0.6 is 11.6 Å². The van der Waals surface area contributed by atoms with Gasteiger partial charge in [0.05, 0.1) is 11.2 Å². The third-order valence-corrected chi connectivity index (χ3v) is 25.1. The van der Waals surface area contributed by atoms with Gasteiger partial charge >= 0.3 is 7.12 Å². The quantitative estimate of drug-likeness (QED) is 0.0759. The summed E-state index contributed by atoms with van der Waals surface area (Å²) < 4.78 is 26.1. The average Bonchev–Trinajstić information content (AvgIpc) is 1.58. The van der Waals surface area contributed by atoms with E-state index in [1.807, 2.05) is 146 Å². The van der Waals surface area contributed by atoms with Crippen molar-refractivity contribution in [3.05, 3.63) is 466 Å². The van der Waals surface area contributed by atoms with Gasteiger partial charge in [0.25, 0.3) is 0 Å². The van der Waals surface area contributed by atoms with E-state index in [1.165, 1.54) is 44.5 Å². The largest absolute Gasteiger partial charge is 0.494 e. The number of benzene rings is 18. The van der Waals surface area contributed by atoms with E-state index >= 15 is 0 Å². The second-order valence-corrected chi connectivity index (χ2v) is 34.4. The summed E-state index contributed by atoms with van der Waals surface area (Å²) in [6, 6.07) is 159. The van der Waals surface area contributed by atoms with Crippen LogP contribution in [0.2, 0.25) is 5.28 Å². The molecular weight excluding hydrogens is 1660 g/mol. The smallest absolute Gasteiger partial charge is 0.456 e. The van der Waals surface area contributed by atoms with Crippen LogP contribution in [-0.2, 0) is 9.31 Å². The molecular formula is C120H88BClN8O4. The van der Waals surface area contributed by atoms with Crippen molar-refractivity contribution in [2.45, 2.75) is 38.9 Å². The first-order chi connectivity index (χ1) is 65.8. The Kier molecular flexibility index (Phi) is 23.4. The van der Waals surface area contributed by atoms with Crippen molar-refractivity contribution in [2.24, 2.45) is 0 Å². The van der Waals surface area contributed by atoms with Crippen molar-refractivity contribution >= 4 is 102 Å². The first-order valence-electron chi connectivity index (χ1n) is 44.9. The molecule has 0 atom stereocenters. The summed E-state index contributed by atoms with van der Waals surface area (Å²) in [5.74, 6) is 2.96. The third-order valence-electron chi connectivity index (χ3n) is 24.9. The fraction of sp³-hybridized carbons (Fsp3) is 0.0500. The lowest BCUT2D eigenvalue weighted by Crippen LogP contribution is -2.41. The number of aromatic nitrogens is 6. The summed E-state index contributed by atoms with van der Waals surface area (Å²) in [7, 11) is -0.510. The van der Waals surface area contributed by atoms with Crippen molar-refractivity contribution in [1.82, 2.24) is 29.9 Å². The molecule has 0 amide bonds. The van der Waals surface area contributed by atoms with Crippen LogP contribution in [0, 0.1) is 0 Å². The Hall–Kier alpha value is -16.5. The zero-order valence-corrected chi connectivity index (χ0v) is 74.8. The molecule has 0 saturated carbocycles. The Balaban J connectivity index is 0.000000135. The normalized spacial score (nSPS) is 12.6. The monoisotopic (exact) mass is 1750 g/mol. The van der Waals surface area contributed by atoms with E-state index in [1.54, 1.807) is 0 Å². The Bertz CT molecular complexity index is 7570. The number of furan rings is 2. The van der Waals surface area contributed by atoms with Crippen molar-refractivity contribution in [1.29, 1.82) is 0 Å². The molecule has 4 aromatic heterocycles. The number of hydrogen-bond donors (Lipinski definition) is 0. The van der Waals surface area contributed by atoms with Crippen molar-refractivity contribution in [3.8, 4) is 124 Å². The highest BCUT2D eigenvalue weighted by Gasteiger charge is 2.52. The second-order valence-electron chi connectivity index (χ2n) is 34.1. The summed E-state index contributed by atoms with van der Waals surface area (Å²) in [6.45, 7) is 8.34. The van der Waals surface area contributed by atoms with Crippen molar-refractivity contribution in [2.75, 3.05) is 9.80 Å². The summed E-state index contributed by atoms with van der Waals surface area (Å²) in [4.78, 5) is 32.5. The predicted molar refractivity (Wildman–Crippen MR) is 551 cm³/mol. The molecule has 1 saturated heterocycles. The van der Waals surface area contributed by atoms with Gasteiger partial charge in [-0.05, 0) is 215 Å². The van der Waals surface area contributed by atoms with Crippen LogP contribution in [0.4, 0.5) is 34.1 Å². The Morgan fingerprint density at radius 3 is 0.746 bits per heavy atom. The zero-order chi connectivity index (χ0) is 90.5. The van der Waals surface area contributed by atoms with Crippen molar-refractivity contribution < 1.29 is 18.1 Å². The molecule has 0 unspecified atom stereocenters. The standard InChI is InChI=1S/C57H38N4O.C48H40BNO3.C15H10ClN3/c1-5-15-39(16-6-1)41-25-31-47(32-26-41)61(48-33-27-42(28-34-48)40-17-7-2-8-18-40)49-35-29-43(30-36-49)51-37-46(38-53-54(51)50-23-13-14-24-52(50)62-53)57-59-55(44-19-9-3-10-20-44)58-56(60-57)45-21-11-4-12-22-45;1-47(2)48(3,4)53-49(52-47)38-31-43(46-42-17-11-12-18-44(42)51-45(46)32-38)37-23-29-41(30-24-37)50(39-25-19-35(20-26-39)33-13-7-5-8-14-33)40-27-21-36(22-28-40)34-15-9-6-10-16-34;16-15-18-13(11-7-3-1-4-8-11)17-14(19-15)12-9-5-2-6-10-12/h1-38H;5-32H,1-4H3;1-10H. The molecule has 0 bridgehead atoms. The number of fused-ring (bicyclic) bond motifs is 6. The van der Waals surface area contributed by atoms with E-state index in [0.717, 1.165) is 134 Å². The fourth-order valence-corrected chi connectivity index (χ4v) is 17.5. The molecule has 0 aliphatic carbocycles. The molecule has 5 heterocycles. The number of hydrogen-bond acceptors (Lipinski definition) is 12. The number of halogens is 1. The molecule has 1 aliphatic heterocycles. The Labute approximate surface area is 783 Å². The maximum absolute atomic E-state index is 6.59. The Morgan fingerprint density at radius 1 is 0.216 bits per heavy atom. The molecule has 14 heteroatoms. The van der Waals surface area contributed by atoms with E-state index in [4.69, 9.17) is 44.7 Å². The molecule has 0 spiro atoms. The molecule has 134 heavy (non-hydrogen) atoms. The van der Waals surface area contributed by atoms with Crippen LogP contribution < -0.4 is 15.3 Å². The molecule has 0 N–H and O–H groups in total. The zero-order valence-electron chi connectivity index (χ0n) is 74.0. The van der Waals surface area contributed by atoms with Gasteiger partial charge in [-0.1, -0.05) is 358 Å². The molecule has 1 aliphatic rings. The van der Waals surface area contributed by atoms with Gasteiger partial charge in [-0.2, -0.15) is 9.97 Å². The SMILES string of the molecule is CC1(C)OB(c2cc(-c3ccc(N(c4ccc(-c5ccccc5)cc4)c4ccc(-c5ccccc5)cc4)cc3)c3c(c2)oc2ccccc23)OC1(C)C.Clc1nc(-c2ccccc2)nc(-c2ccccc2)n1.c1ccc(-c2ccc(N(c3ccc(-c4ccccc4)cc3)c3ccc(-c4cc(-c5nc(-c6ccccc6)nc(-c6ccccc6)n5)cc5oc6ccccc6c45)cc3)cc2)cc1. The first kappa shape index (κ1) is 84.3. The highest BCUT2D eigenvalue weighted by Crippen LogP contribution is 2.47. The number of anilines is 6. The lowest BCUT2D eigenvalue weighted by Gasteiger charge is -2.32. The highest BCUT2D eigenvalue weighted by molar-refractivity contribution is 6.62. The van der Waals surface area contributed by atoms with E-state index in [9.17, 15) is 0 Å². The first-order valence-corrected chi connectivity index (χ1v) is 45.3. The minimum Gasteiger partial charge on any atom is -0.456 e. The van der Waals surface area contributed by atoms with Gasteiger partial charge in [-0.3, -0.25) is 0 Å². The second kappa shape index (κ2) is 37.1. The van der Waals surface area contributed by atoms with Crippen LogP contribution in [-0.4, -0.2) is 48.2 Å². The molecule has 1 fully saturated rings. The van der Waals surface area contributed by atoms with E-state index in [2.05, 4.69) is 368 Å². The van der Waals surface area contributed by atoms with E-state index < -0.39 is 18.3 Å². The van der Waals surface area contributed by atoms with Gasteiger partial charge in [-0.25, -0.2) is 19.9 Å². The van der Waals surface area contributed by atoms with Crippen LogP contribution in [0.5, 0.6) is 0 Å². The van der Waals surface area contributed by atoms with Crippen LogP contribution in [0.25, 0.3) is 168 Å². The third kappa shape index (κ3) is 17.7.